The minimum atomic E-state index is -3.70. The third-order valence-corrected chi connectivity index (χ3v) is 4.79. The number of hydrogen-bond donors (Lipinski definition) is 2. The molecule has 0 radical (unpaired) electrons. The number of rotatable bonds is 4. The van der Waals surface area contributed by atoms with Gasteiger partial charge >= 0.3 is 0 Å². The van der Waals surface area contributed by atoms with Gasteiger partial charge in [0.25, 0.3) is 0 Å². The van der Waals surface area contributed by atoms with Crippen molar-refractivity contribution in [2.24, 2.45) is 0 Å². The largest absolute Gasteiger partial charge is 0.398 e. The van der Waals surface area contributed by atoms with Crippen LogP contribution in [0.2, 0.25) is 5.02 Å². The average Bonchev–Trinajstić information content (AvgIpc) is 2.41. The van der Waals surface area contributed by atoms with E-state index in [2.05, 4.69) is 9.71 Å². The van der Waals surface area contributed by atoms with Crippen LogP contribution in [0, 0.1) is 13.8 Å². The maximum absolute atomic E-state index is 12.4. The molecule has 1 heterocycles. The van der Waals surface area contributed by atoms with Gasteiger partial charge in [0.15, 0.2) is 0 Å². The number of pyridine rings is 1. The van der Waals surface area contributed by atoms with Crippen molar-refractivity contribution in [3.8, 4) is 0 Å². The third-order valence-electron chi connectivity index (χ3n) is 3.04. The number of anilines is 1. The molecule has 21 heavy (non-hydrogen) atoms. The van der Waals surface area contributed by atoms with Crippen LogP contribution in [0.4, 0.5) is 5.69 Å². The number of benzene rings is 1. The summed E-state index contributed by atoms with van der Waals surface area (Å²) >= 11 is 5.88. The van der Waals surface area contributed by atoms with E-state index < -0.39 is 10.0 Å². The number of nitrogens with two attached hydrogens (primary N) is 1. The van der Waals surface area contributed by atoms with Gasteiger partial charge in [-0.15, -0.1) is 0 Å². The maximum atomic E-state index is 12.4. The molecule has 0 saturated carbocycles. The molecule has 0 spiro atoms. The van der Waals surface area contributed by atoms with Crippen molar-refractivity contribution in [2.75, 3.05) is 5.73 Å². The Bertz CT molecular complexity index is 776. The number of halogens is 1. The van der Waals surface area contributed by atoms with Crippen molar-refractivity contribution in [3.63, 3.8) is 0 Å². The second kappa shape index (κ2) is 6.01. The molecule has 5 nitrogen and oxygen atoms in total. The smallest absolute Gasteiger partial charge is 0.241 e. The molecule has 112 valence electrons. The van der Waals surface area contributed by atoms with Gasteiger partial charge in [0.05, 0.1) is 17.1 Å². The zero-order valence-electron chi connectivity index (χ0n) is 11.7. The summed E-state index contributed by atoms with van der Waals surface area (Å²) in [7, 11) is -3.70. The van der Waals surface area contributed by atoms with E-state index in [-0.39, 0.29) is 16.5 Å². The fourth-order valence-corrected chi connectivity index (χ4v) is 3.49. The summed E-state index contributed by atoms with van der Waals surface area (Å²) in [6.07, 6.45) is 0. The number of aryl methyl sites for hydroxylation is 1. The molecule has 0 aliphatic rings. The van der Waals surface area contributed by atoms with Crippen LogP contribution >= 0.6 is 11.6 Å². The average molecular weight is 326 g/mol. The molecule has 0 bridgehead atoms. The van der Waals surface area contributed by atoms with E-state index in [0.29, 0.717) is 16.9 Å². The van der Waals surface area contributed by atoms with Gasteiger partial charge in [0.2, 0.25) is 10.0 Å². The lowest BCUT2D eigenvalue weighted by molar-refractivity contribution is 0.580. The summed E-state index contributed by atoms with van der Waals surface area (Å²) in [6.45, 7) is 3.60. The minimum absolute atomic E-state index is 0.0835. The Hall–Kier alpha value is -1.63. The maximum Gasteiger partial charge on any atom is 0.241 e. The van der Waals surface area contributed by atoms with Crippen molar-refractivity contribution in [3.05, 3.63) is 52.3 Å². The van der Waals surface area contributed by atoms with Gasteiger partial charge in [-0.1, -0.05) is 17.7 Å². The SMILES string of the molecule is Cc1cccc(CNS(=O)(=O)c2cc(Cl)cc(N)c2C)n1. The van der Waals surface area contributed by atoms with Crippen LogP contribution in [-0.2, 0) is 16.6 Å². The Morgan fingerprint density at radius 2 is 2.00 bits per heavy atom. The van der Waals surface area contributed by atoms with Gasteiger partial charge in [-0.2, -0.15) is 0 Å². The van der Waals surface area contributed by atoms with Crippen LogP contribution in [0.3, 0.4) is 0 Å². The van der Waals surface area contributed by atoms with Crippen LogP contribution in [0.25, 0.3) is 0 Å². The molecule has 3 N–H and O–H groups in total. The zero-order valence-corrected chi connectivity index (χ0v) is 13.3. The van der Waals surface area contributed by atoms with Gasteiger partial charge in [-0.05, 0) is 43.7 Å². The molecule has 0 unspecified atom stereocenters. The predicted octanol–water partition coefficient (Wildman–Crippen LogP) is 2.41. The molecule has 0 atom stereocenters. The molecule has 1 aromatic carbocycles. The first kappa shape index (κ1) is 15.8. The Balaban J connectivity index is 2.27. The number of aromatic nitrogens is 1. The van der Waals surface area contributed by atoms with Crippen LogP contribution in [0.1, 0.15) is 17.0 Å². The van der Waals surface area contributed by atoms with E-state index in [1.54, 1.807) is 13.0 Å². The highest BCUT2D eigenvalue weighted by Gasteiger charge is 2.19. The summed E-state index contributed by atoms with van der Waals surface area (Å²) < 4.78 is 27.2. The first-order valence-corrected chi connectivity index (χ1v) is 8.13. The zero-order chi connectivity index (χ0) is 15.6. The van der Waals surface area contributed by atoms with E-state index in [1.807, 2.05) is 19.1 Å². The lowest BCUT2D eigenvalue weighted by Crippen LogP contribution is -2.24. The molecule has 2 rings (SSSR count). The van der Waals surface area contributed by atoms with Crippen molar-refractivity contribution in [1.82, 2.24) is 9.71 Å². The number of nitrogens with zero attached hydrogens (tertiary/aromatic N) is 1. The van der Waals surface area contributed by atoms with Gasteiger partial charge < -0.3 is 5.73 Å². The second-order valence-electron chi connectivity index (χ2n) is 4.71. The summed E-state index contributed by atoms with van der Waals surface area (Å²) in [6, 6.07) is 8.35. The van der Waals surface area contributed by atoms with E-state index in [4.69, 9.17) is 17.3 Å². The molecule has 0 aliphatic carbocycles. The molecule has 0 fully saturated rings. The molecule has 0 aliphatic heterocycles. The Labute approximate surface area is 129 Å². The third kappa shape index (κ3) is 3.72. The first-order valence-electron chi connectivity index (χ1n) is 6.27. The molecule has 0 amide bonds. The predicted molar refractivity (Wildman–Crippen MR) is 83.6 cm³/mol. The van der Waals surface area contributed by atoms with Crippen molar-refractivity contribution >= 4 is 27.3 Å². The topological polar surface area (TPSA) is 85.1 Å². The molecular weight excluding hydrogens is 310 g/mol. The Kier molecular flexibility index (Phi) is 4.51. The van der Waals surface area contributed by atoms with Crippen molar-refractivity contribution < 1.29 is 8.42 Å². The van der Waals surface area contributed by atoms with Gasteiger partial charge in [0.1, 0.15) is 0 Å². The highest BCUT2D eigenvalue weighted by atomic mass is 35.5. The van der Waals surface area contributed by atoms with Gasteiger partial charge in [-0.3, -0.25) is 4.98 Å². The summed E-state index contributed by atoms with van der Waals surface area (Å²) in [5, 5.41) is 0.284. The van der Waals surface area contributed by atoms with Crippen LogP contribution in [0.15, 0.2) is 35.2 Å². The second-order valence-corrected chi connectivity index (χ2v) is 6.88. The Morgan fingerprint density at radius 1 is 1.29 bits per heavy atom. The summed E-state index contributed by atoms with van der Waals surface area (Å²) in [5.74, 6) is 0. The van der Waals surface area contributed by atoms with Crippen LogP contribution in [-0.4, -0.2) is 13.4 Å². The standard InChI is InChI=1S/C14H16ClN3O2S/c1-9-4-3-5-12(18-9)8-17-21(19,20)14-7-11(15)6-13(16)10(14)2/h3-7,17H,8,16H2,1-2H3. The molecule has 0 saturated heterocycles. The fraction of sp³-hybridized carbons (Fsp3) is 0.214. The quantitative estimate of drug-likeness (QED) is 0.845. The fourth-order valence-electron chi connectivity index (χ4n) is 1.90. The highest BCUT2D eigenvalue weighted by molar-refractivity contribution is 7.89. The van der Waals surface area contributed by atoms with E-state index in [9.17, 15) is 8.42 Å². The van der Waals surface area contributed by atoms with Gasteiger partial charge in [-0.25, -0.2) is 13.1 Å². The summed E-state index contributed by atoms with van der Waals surface area (Å²) in [4.78, 5) is 4.33. The molecular formula is C14H16ClN3O2S. The van der Waals surface area contributed by atoms with E-state index >= 15 is 0 Å². The molecule has 1 aromatic heterocycles. The van der Waals surface area contributed by atoms with Crippen LogP contribution in [0.5, 0.6) is 0 Å². The molecule has 7 heteroatoms. The summed E-state index contributed by atoms with van der Waals surface area (Å²) in [5.41, 5.74) is 8.05. The Morgan fingerprint density at radius 3 is 2.67 bits per heavy atom. The lowest BCUT2D eigenvalue weighted by Gasteiger charge is -2.11. The highest BCUT2D eigenvalue weighted by Crippen LogP contribution is 2.25. The van der Waals surface area contributed by atoms with Crippen molar-refractivity contribution in [1.29, 1.82) is 0 Å². The normalized spacial score (nSPS) is 11.6. The van der Waals surface area contributed by atoms with Crippen molar-refractivity contribution in [2.45, 2.75) is 25.3 Å². The number of sulfonamides is 1. The lowest BCUT2D eigenvalue weighted by atomic mass is 10.2. The molecule has 2 aromatic rings. The first-order chi connectivity index (χ1) is 9.79. The monoisotopic (exact) mass is 325 g/mol. The number of hydrogen-bond acceptors (Lipinski definition) is 4. The number of nitrogens with one attached hydrogen (secondary N) is 1. The van der Waals surface area contributed by atoms with E-state index in [1.165, 1.54) is 12.1 Å². The van der Waals surface area contributed by atoms with E-state index in [0.717, 1.165) is 5.69 Å². The van der Waals surface area contributed by atoms with Gasteiger partial charge in [0, 0.05) is 16.4 Å². The minimum Gasteiger partial charge on any atom is -0.398 e. The number of nitrogen functional groups attached to an aromatic ring is 1. The van der Waals surface area contributed by atoms with Crippen LogP contribution < -0.4 is 10.5 Å².